The molecule has 0 N–H and O–H groups in total. The molecule has 2 heterocycles. The van der Waals surface area contributed by atoms with E-state index in [9.17, 15) is 9.59 Å². The number of methoxy groups -OCH3 is 1. The van der Waals surface area contributed by atoms with Crippen LogP contribution in [0.5, 0.6) is 0 Å². The zero-order chi connectivity index (χ0) is 18.3. The minimum Gasteiger partial charge on any atom is -0.467 e. The third-order valence-electron chi connectivity index (χ3n) is 4.66. The molecule has 26 heavy (non-hydrogen) atoms. The molecule has 0 saturated heterocycles. The van der Waals surface area contributed by atoms with Crippen molar-refractivity contribution in [1.29, 1.82) is 0 Å². The van der Waals surface area contributed by atoms with Gasteiger partial charge in [0.05, 0.1) is 16.6 Å². The van der Waals surface area contributed by atoms with Gasteiger partial charge in [0.15, 0.2) is 0 Å². The number of ether oxygens (including phenoxy) is 1. The molecule has 1 aliphatic heterocycles. The molecular weight excluding hydrogens is 414 g/mol. The van der Waals surface area contributed by atoms with Gasteiger partial charge in [-0.1, -0.05) is 42.5 Å². The van der Waals surface area contributed by atoms with Crippen LogP contribution in [0, 0.1) is 0 Å². The minimum absolute atomic E-state index is 0.182. The van der Waals surface area contributed by atoms with Crippen molar-refractivity contribution in [3.8, 4) is 0 Å². The molecule has 4 rings (SSSR count). The van der Waals surface area contributed by atoms with Gasteiger partial charge in [-0.2, -0.15) is 0 Å². The van der Waals surface area contributed by atoms with E-state index in [4.69, 9.17) is 4.74 Å². The van der Waals surface area contributed by atoms with Crippen molar-refractivity contribution in [2.75, 3.05) is 12.9 Å². The van der Waals surface area contributed by atoms with Crippen LogP contribution in [0.15, 0.2) is 62.8 Å². The number of rotatable bonds is 3. The largest absolute Gasteiger partial charge is 0.467 e. The van der Waals surface area contributed by atoms with Gasteiger partial charge in [0.1, 0.15) is 6.04 Å². The molecule has 0 spiro atoms. The lowest BCUT2D eigenvalue weighted by Crippen LogP contribution is -2.30. The first-order valence-electron chi connectivity index (χ1n) is 8.21. The molecule has 0 radical (unpaired) electrons. The number of hydrogen-bond donors (Lipinski definition) is 0. The number of thioether (sulfide) groups is 1. The summed E-state index contributed by atoms with van der Waals surface area (Å²) in [5.41, 5.74) is 1.91. The Labute approximate surface area is 163 Å². The molecule has 1 aliphatic rings. The van der Waals surface area contributed by atoms with Crippen molar-refractivity contribution >= 4 is 44.4 Å². The smallest absolute Gasteiger partial charge is 0.329 e. The second-order valence-corrected chi connectivity index (χ2v) is 8.00. The second kappa shape index (κ2) is 6.93. The minimum atomic E-state index is -0.560. The third kappa shape index (κ3) is 2.87. The fourth-order valence-electron chi connectivity index (χ4n) is 3.36. The molecule has 2 aromatic carbocycles. The maximum Gasteiger partial charge on any atom is 0.329 e. The summed E-state index contributed by atoms with van der Waals surface area (Å²) < 4.78 is 6.87. The number of esters is 1. The predicted octanol–water partition coefficient (Wildman–Crippen LogP) is 4.17. The van der Waals surface area contributed by atoms with E-state index in [2.05, 4.69) is 40.2 Å². The van der Waals surface area contributed by atoms with Gasteiger partial charge < -0.3 is 4.74 Å². The van der Waals surface area contributed by atoms with E-state index < -0.39 is 6.04 Å². The summed E-state index contributed by atoms with van der Waals surface area (Å²) in [5, 5.41) is 3.17. The van der Waals surface area contributed by atoms with E-state index in [1.54, 1.807) is 0 Å². The van der Waals surface area contributed by atoms with Crippen LogP contribution in [0.3, 0.4) is 0 Å². The maximum absolute atomic E-state index is 12.9. The van der Waals surface area contributed by atoms with Crippen molar-refractivity contribution in [2.24, 2.45) is 0 Å². The SMILES string of the molecule is COC(=O)C1CSc2cc(Cc3cccc4ccccc34)c(Br)c(=O)n21. The summed E-state index contributed by atoms with van der Waals surface area (Å²) in [7, 11) is 1.35. The summed E-state index contributed by atoms with van der Waals surface area (Å²) in [6.07, 6.45) is 0.647. The average molecular weight is 430 g/mol. The Kier molecular flexibility index (Phi) is 4.63. The lowest BCUT2D eigenvalue weighted by molar-refractivity contribution is -0.143. The van der Waals surface area contributed by atoms with Gasteiger partial charge in [-0.25, -0.2) is 4.79 Å². The topological polar surface area (TPSA) is 48.3 Å². The molecule has 1 aromatic heterocycles. The molecular formula is C20H16BrNO3S. The Hall–Kier alpha value is -2.05. The highest BCUT2D eigenvalue weighted by Gasteiger charge is 2.32. The van der Waals surface area contributed by atoms with Crippen LogP contribution < -0.4 is 5.56 Å². The number of benzene rings is 2. The van der Waals surface area contributed by atoms with E-state index in [0.717, 1.165) is 10.6 Å². The Morgan fingerprint density at radius 2 is 2.00 bits per heavy atom. The summed E-state index contributed by atoms with van der Waals surface area (Å²) in [6.45, 7) is 0. The average Bonchev–Trinajstić information content (AvgIpc) is 3.09. The Balaban J connectivity index is 1.79. The van der Waals surface area contributed by atoms with Gasteiger partial charge in [-0.15, -0.1) is 11.8 Å². The fraction of sp³-hybridized carbons (Fsp3) is 0.200. The summed E-state index contributed by atoms with van der Waals surface area (Å²) in [6, 6.07) is 15.9. The number of carbonyl (C=O) groups is 1. The van der Waals surface area contributed by atoms with Crippen LogP contribution in [-0.2, 0) is 16.0 Å². The fourth-order valence-corrected chi connectivity index (χ4v) is 4.99. The van der Waals surface area contributed by atoms with Gasteiger partial charge in [0, 0.05) is 5.75 Å². The van der Waals surface area contributed by atoms with Crippen LogP contribution >= 0.6 is 27.7 Å². The zero-order valence-corrected chi connectivity index (χ0v) is 16.5. The molecule has 0 aliphatic carbocycles. The van der Waals surface area contributed by atoms with Crippen LogP contribution in [0.1, 0.15) is 17.2 Å². The number of carbonyl (C=O) groups excluding carboxylic acids is 1. The zero-order valence-electron chi connectivity index (χ0n) is 14.1. The van der Waals surface area contributed by atoms with E-state index >= 15 is 0 Å². The highest BCUT2D eigenvalue weighted by Crippen LogP contribution is 2.35. The van der Waals surface area contributed by atoms with E-state index in [1.807, 2.05) is 24.3 Å². The third-order valence-corrected chi connectivity index (χ3v) is 6.60. The quantitative estimate of drug-likeness (QED) is 0.586. The number of aromatic nitrogens is 1. The van der Waals surface area contributed by atoms with Crippen LogP contribution in [0.4, 0.5) is 0 Å². The monoisotopic (exact) mass is 429 g/mol. The van der Waals surface area contributed by atoms with Crippen molar-refractivity contribution < 1.29 is 9.53 Å². The molecule has 1 atom stereocenters. The Morgan fingerprint density at radius 1 is 1.23 bits per heavy atom. The van der Waals surface area contributed by atoms with Gasteiger partial charge in [-0.3, -0.25) is 9.36 Å². The summed E-state index contributed by atoms with van der Waals surface area (Å²) in [4.78, 5) is 24.8. The van der Waals surface area contributed by atoms with Crippen LogP contribution in [0.25, 0.3) is 10.8 Å². The number of nitrogens with zero attached hydrogens (tertiary/aromatic N) is 1. The normalized spacial score (nSPS) is 15.8. The molecule has 0 bridgehead atoms. The van der Waals surface area contributed by atoms with Gasteiger partial charge in [0.2, 0.25) is 0 Å². The van der Waals surface area contributed by atoms with Gasteiger partial charge in [0.25, 0.3) is 5.56 Å². The first-order chi connectivity index (χ1) is 12.6. The highest BCUT2D eigenvalue weighted by molar-refractivity contribution is 9.10. The molecule has 0 saturated carbocycles. The number of fused-ring (bicyclic) bond motifs is 2. The van der Waals surface area contributed by atoms with E-state index in [1.165, 1.54) is 39.8 Å². The van der Waals surface area contributed by atoms with Crippen LogP contribution in [0.2, 0.25) is 0 Å². The first-order valence-corrected chi connectivity index (χ1v) is 9.99. The second-order valence-electron chi connectivity index (χ2n) is 6.16. The Morgan fingerprint density at radius 3 is 2.81 bits per heavy atom. The lowest BCUT2D eigenvalue weighted by Gasteiger charge is -2.14. The number of halogens is 1. The lowest BCUT2D eigenvalue weighted by atomic mass is 9.99. The molecule has 1 unspecified atom stereocenters. The van der Waals surface area contributed by atoms with Crippen LogP contribution in [-0.4, -0.2) is 23.4 Å². The molecule has 0 amide bonds. The Bertz CT molecular complexity index is 1070. The number of pyridine rings is 1. The van der Waals surface area contributed by atoms with Gasteiger partial charge >= 0.3 is 5.97 Å². The molecule has 4 nitrogen and oxygen atoms in total. The van der Waals surface area contributed by atoms with Crippen molar-refractivity contribution in [1.82, 2.24) is 4.57 Å². The highest BCUT2D eigenvalue weighted by atomic mass is 79.9. The molecule has 0 fully saturated rings. The molecule has 132 valence electrons. The van der Waals surface area contributed by atoms with Gasteiger partial charge in [-0.05, 0) is 50.3 Å². The van der Waals surface area contributed by atoms with E-state index in [-0.39, 0.29) is 11.5 Å². The van der Waals surface area contributed by atoms with E-state index in [0.29, 0.717) is 16.6 Å². The summed E-state index contributed by atoms with van der Waals surface area (Å²) in [5.74, 6) is 0.138. The van der Waals surface area contributed by atoms with Crippen molar-refractivity contribution in [3.05, 3.63) is 74.5 Å². The molecule has 6 heteroatoms. The summed E-state index contributed by atoms with van der Waals surface area (Å²) >= 11 is 4.97. The predicted molar refractivity (Wildman–Crippen MR) is 107 cm³/mol. The van der Waals surface area contributed by atoms with Crippen molar-refractivity contribution in [3.63, 3.8) is 0 Å². The molecule has 3 aromatic rings. The number of hydrogen-bond acceptors (Lipinski definition) is 4. The first kappa shape index (κ1) is 17.4. The van der Waals surface area contributed by atoms with Crippen molar-refractivity contribution in [2.45, 2.75) is 17.5 Å². The maximum atomic E-state index is 12.9. The standard InChI is InChI=1S/C20H16BrNO3S/c1-25-20(24)16-11-26-17-10-14(18(21)19(23)22(16)17)9-13-7-4-6-12-5-2-3-8-15(12)13/h2-8,10,16H,9,11H2,1H3.